The number of rotatable bonds is 6. The van der Waals surface area contributed by atoms with Crippen LogP contribution in [-0.4, -0.2) is 48.9 Å². The van der Waals surface area contributed by atoms with Gasteiger partial charge in [-0.15, -0.1) is 13.2 Å². The molecule has 144 valence electrons. The lowest BCUT2D eigenvalue weighted by atomic mass is 9.90. The van der Waals surface area contributed by atoms with Crippen LogP contribution in [0.2, 0.25) is 0 Å². The third-order valence-corrected chi connectivity index (χ3v) is 3.38. The van der Waals surface area contributed by atoms with E-state index in [0.29, 0.717) is 19.4 Å². The van der Waals surface area contributed by atoms with Crippen molar-refractivity contribution in [1.29, 1.82) is 0 Å². The van der Waals surface area contributed by atoms with E-state index in [4.69, 9.17) is 4.74 Å². The predicted octanol–water partition coefficient (Wildman–Crippen LogP) is 1.90. The molecule has 0 spiro atoms. The van der Waals surface area contributed by atoms with Gasteiger partial charge < -0.3 is 15.4 Å². The summed E-state index contributed by atoms with van der Waals surface area (Å²) >= 11 is 0. The van der Waals surface area contributed by atoms with Crippen LogP contribution in [0.5, 0.6) is 0 Å². The summed E-state index contributed by atoms with van der Waals surface area (Å²) in [6.07, 6.45) is -4.87. The van der Waals surface area contributed by atoms with Crippen LogP contribution < -0.4 is 10.6 Å². The fourth-order valence-electron chi connectivity index (χ4n) is 2.32. The van der Waals surface area contributed by atoms with E-state index in [0.717, 1.165) is 0 Å². The average molecular weight is 368 g/mol. The molecule has 0 saturated carbocycles. The Morgan fingerprint density at radius 2 is 1.96 bits per heavy atom. The van der Waals surface area contributed by atoms with Crippen LogP contribution in [0.3, 0.4) is 0 Å². The molecular weight excluding hydrogens is 345 g/mol. The van der Waals surface area contributed by atoms with Crippen molar-refractivity contribution in [3.63, 3.8) is 0 Å². The number of ether oxygens (including phenoxy) is 2. The van der Waals surface area contributed by atoms with Gasteiger partial charge in [-0.2, -0.15) is 0 Å². The summed E-state index contributed by atoms with van der Waals surface area (Å²) < 4.78 is 44.9. The Balaban J connectivity index is 2.76. The molecule has 0 radical (unpaired) electrons. The Hall–Kier alpha value is -1.84. The summed E-state index contributed by atoms with van der Waals surface area (Å²) in [4.78, 5) is 35.7. The highest BCUT2D eigenvalue weighted by molar-refractivity contribution is 5.89. The first-order valence-corrected chi connectivity index (χ1v) is 7.88. The second-order valence-corrected chi connectivity index (χ2v) is 6.77. The molecule has 1 fully saturated rings. The molecule has 0 aromatic rings. The summed E-state index contributed by atoms with van der Waals surface area (Å²) in [6.45, 7) is 4.06. The number of hydrogen-bond donors (Lipinski definition) is 2. The molecule has 0 bridgehead atoms. The zero-order valence-corrected chi connectivity index (χ0v) is 14.4. The highest BCUT2D eigenvalue weighted by Crippen LogP contribution is 2.20. The summed E-state index contributed by atoms with van der Waals surface area (Å²) in [5.74, 6) is -1.86. The highest BCUT2D eigenvalue weighted by Gasteiger charge is 2.35. The molecule has 2 N–H and O–H groups in total. The van der Waals surface area contributed by atoms with Gasteiger partial charge in [0.1, 0.15) is 12.2 Å². The van der Waals surface area contributed by atoms with E-state index < -0.39 is 42.4 Å². The van der Waals surface area contributed by atoms with E-state index in [1.54, 1.807) is 20.8 Å². The molecule has 1 aliphatic heterocycles. The van der Waals surface area contributed by atoms with Crippen LogP contribution in [-0.2, 0) is 19.1 Å². The van der Waals surface area contributed by atoms with Gasteiger partial charge in [0.15, 0.2) is 5.78 Å². The van der Waals surface area contributed by atoms with Gasteiger partial charge in [0.25, 0.3) is 0 Å². The first kappa shape index (κ1) is 21.2. The number of ketones is 1. The molecule has 0 unspecified atom stereocenters. The summed E-state index contributed by atoms with van der Waals surface area (Å²) in [5.41, 5.74) is -0.845. The van der Waals surface area contributed by atoms with Gasteiger partial charge in [-0.3, -0.25) is 14.3 Å². The second-order valence-electron chi connectivity index (χ2n) is 6.77. The van der Waals surface area contributed by atoms with Crippen molar-refractivity contribution < 1.29 is 37.0 Å². The van der Waals surface area contributed by atoms with E-state index >= 15 is 0 Å². The second kappa shape index (κ2) is 8.50. The van der Waals surface area contributed by atoms with Crippen molar-refractivity contribution in [2.45, 2.75) is 58.0 Å². The maximum Gasteiger partial charge on any atom is 0.522 e. The highest BCUT2D eigenvalue weighted by atomic mass is 19.4. The van der Waals surface area contributed by atoms with Crippen LogP contribution in [0.25, 0.3) is 0 Å². The smallest absolute Gasteiger partial charge is 0.444 e. The van der Waals surface area contributed by atoms with Crippen molar-refractivity contribution in [3.05, 3.63) is 0 Å². The molecule has 1 heterocycles. The lowest BCUT2D eigenvalue weighted by molar-refractivity contribution is -0.321. The molecule has 0 aromatic heterocycles. The zero-order valence-electron chi connectivity index (χ0n) is 14.4. The lowest BCUT2D eigenvalue weighted by Crippen LogP contribution is -2.48. The fraction of sp³-hybridized carbons (Fsp3) is 0.800. The van der Waals surface area contributed by atoms with Crippen molar-refractivity contribution in [1.82, 2.24) is 10.6 Å². The van der Waals surface area contributed by atoms with Gasteiger partial charge in [-0.1, -0.05) is 0 Å². The Bertz CT molecular complexity index is 502. The molecule has 0 aliphatic carbocycles. The molecule has 1 saturated heterocycles. The molecule has 1 rings (SSSR count). The number of nitrogens with one attached hydrogen (secondary N) is 2. The molecule has 7 nitrogen and oxygen atoms in total. The molecule has 0 aromatic carbocycles. The van der Waals surface area contributed by atoms with Crippen molar-refractivity contribution in [3.8, 4) is 0 Å². The zero-order chi connectivity index (χ0) is 19.3. The van der Waals surface area contributed by atoms with Gasteiger partial charge in [-0.05, 0) is 40.0 Å². The standard InChI is InChI=1S/C15H23F3N2O5/c1-14(2,3)25-13(23)20-10(11(21)8-24-15(16,17)18)7-9-5-4-6-19-12(9)22/h9-10H,4-8H2,1-3H3,(H,19,22)(H,20,23)/t9-,10-/m0/s1. The normalized spacial score (nSPS) is 19.8. The maximum absolute atomic E-state index is 12.1. The molecule has 2 atom stereocenters. The predicted molar refractivity (Wildman–Crippen MR) is 80.5 cm³/mol. The largest absolute Gasteiger partial charge is 0.522 e. The molecule has 10 heteroatoms. The van der Waals surface area contributed by atoms with Crippen LogP contribution >= 0.6 is 0 Å². The number of Topliss-reactive ketones (excluding diaryl/α,β-unsaturated/α-hetero) is 1. The number of alkyl halides is 3. The fourth-order valence-corrected chi connectivity index (χ4v) is 2.32. The minimum Gasteiger partial charge on any atom is -0.444 e. The van der Waals surface area contributed by atoms with Crippen LogP contribution in [0.15, 0.2) is 0 Å². The summed E-state index contributed by atoms with van der Waals surface area (Å²) in [7, 11) is 0. The van der Waals surface area contributed by atoms with E-state index in [2.05, 4.69) is 15.4 Å². The first-order valence-electron chi connectivity index (χ1n) is 7.88. The van der Waals surface area contributed by atoms with Crippen LogP contribution in [0.4, 0.5) is 18.0 Å². The molecule has 2 amide bonds. The van der Waals surface area contributed by atoms with Crippen LogP contribution in [0.1, 0.15) is 40.0 Å². The SMILES string of the molecule is CC(C)(C)OC(=O)N[C@@H](C[C@@H]1CCCNC1=O)C(=O)COC(F)(F)F. The molecule has 25 heavy (non-hydrogen) atoms. The maximum atomic E-state index is 12.1. The number of halogens is 3. The van der Waals surface area contributed by atoms with Crippen molar-refractivity contribution in [2.75, 3.05) is 13.2 Å². The quantitative estimate of drug-likeness (QED) is 0.747. The van der Waals surface area contributed by atoms with E-state index in [1.165, 1.54) is 0 Å². The van der Waals surface area contributed by atoms with Crippen molar-refractivity contribution in [2.24, 2.45) is 5.92 Å². The number of carbonyl (C=O) groups excluding carboxylic acids is 3. The lowest BCUT2D eigenvalue weighted by Gasteiger charge is -2.27. The molecule has 1 aliphatic rings. The third-order valence-electron chi connectivity index (χ3n) is 3.38. The first-order chi connectivity index (χ1) is 11.4. The topological polar surface area (TPSA) is 93.7 Å². The molecular formula is C15H23F3N2O5. The van der Waals surface area contributed by atoms with E-state index in [-0.39, 0.29) is 12.3 Å². The Morgan fingerprint density at radius 1 is 1.32 bits per heavy atom. The Kier molecular flexibility index (Phi) is 7.21. The number of amides is 2. The van der Waals surface area contributed by atoms with Gasteiger partial charge in [-0.25, -0.2) is 4.79 Å². The minimum absolute atomic E-state index is 0.120. The van der Waals surface area contributed by atoms with Gasteiger partial charge in [0, 0.05) is 12.5 Å². The van der Waals surface area contributed by atoms with Gasteiger partial charge >= 0.3 is 12.5 Å². The Labute approximate surface area is 143 Å². The van der Waals surface area contributed by atoms with Crippen molar-refractivity contribution >= 4 is 17.8 Å². The summed E-state index contributed by atoms with van der Waals surface area (Å²) in [6, 6.07) is -1.31. The number of piperidine rings is 1. The van der Waals surface area contributed by atoms with E-state index in [1.807, 2.05) is 0 Å². The number of hydrogen-bond acceptors (Lipinski definition) is 5. The van der Waals surface area contributed by atoms with E-state index in [9.17, 15) is 27.6 Å². The van der Waals surface area contributed by atoms with Gasteiger partial charge in [0.2, 0.25) is 5.91 Å². The number of carbonyl (C=O) groups is 3. The average Bonchev–Trinajstić information content (AvgIpc) is 2.43. The van der Waals surface area contributed by atoms with Crippen LogP contribution in [0, 0.1) is 5.92 Å². The monoisotopic (exact) mass is 368 g/mol. The Morgan fingerprint density at radius 3 is 2.48 bits per heavy atom. The summed E-state index contributed by atoms with van der Waals surface area (Å²) in [5, 5.41) is 4.86. The third kappa shape index (κ3) is 8.71. The minimum atomic E-state index is -4.96. The van der Waals surface area contributed by atoms with Gasteiger partial charge in [0.05, 0.1) is 6.04 Å². The number of alkyl carbamates (subject to hydrolysis) is 1.